The van der Waals surface area contributed by atoms with E-state index in [0.717, 1.165) is 19.4 Å². The van der Waals surface area contributed by atoms with Crippen LogP contribution in [0.25, 0.3) is 0 Å². The van der Waals surface area contributed by atoms with Gasteiger partial charge in [0, 0.05) is 25.7 Å². The number of aliphatic hydroxyl groups is 1. The summed E-state index contributed by atoms with van der Waals surface area (Å²) in [5.41, 5.74) is 0. The van der Waals surface area contributed by atoms with Crippen LogP contribution in [-0.2, 0) is 4.79 Å². The fourth-order valence-electron chi connectivity index (χ4n) is 2.42. The maximum atomic E-state index is 11.9. The minimum Gasteiger partial charge on any atom is -0.390 e. The Bertz CT molecular complexity index is 239. The van der Waals surface area contributed by atoms with Gasteiger partial charge >= 0.3 is 0 Å². The van der Waals surface area contributed by atoms with Crippen molar-refractivity contribution < 1.29 is 9.90 Å². The van der Waals surface area contributed by atoms with Gasteiger partial charge in [0.15, 0.2) is 0 Å². The van der Waals surface area contributed by atoms with Gasteiger partial charge in [-0.3, -0.25) is 9.69 Å². The highest BCUT2D eigenvalue weighted by Crippen LogP contribution is 2.17. The maximum absolute atomic E-state index is 11.9. The van der Waals surface area contributed by atoms with E-state index in [1.807, 2.05) is 9.80 Å². The van der Waals surface area contributed by atoms with Crippen LogP contribution in [0.5, 0.6) is 0 Å². The molecule has 1 N–H and O–H groups in total. The van der Waals surface area contributed by atoms with Crippen molar-refractivity contribution in [1.82, 2.24) is 9.80 Å². The van der Waals surface area contributed by atoms with Gasteiger partial charge in [0.25, 0.3) is 0 Å². The second kappa shape index (κ2) is 4.49. The Hall–Kier alpha value is -0.610. The zero-order valence-electron chi connectivity index (χ0n) is 9.35. The van der Waals surface area contributed by atoms with E-state index in [4.69, 9.17) is 5.11 Å². The molecule has 86 valence electrons. The molecule has 1 unspecified atom stereocenters. The molecule has 0 aromatic heterocycles. The molecular formula is C11H20N2O2. The smallest absolute Gasteiger partial charge is 0.236 e. The van der Waals surface area contributed by atoms with Crippen molar-refractivity contribution in [3.05, 3.63) is 0 Å². The zero-order chi connectivity index (χ0) is 10.8. The molecule has 4 heteroatoms. The molecule has 0 spiro atoms. The summed E-state index contributed by atoms with van der Waals surface area (Å²) in [5, 5.41) is 9.13. The summed E-state index contributed by atoms with van der Waals surface area (Å²) in [6.45, 7) is 4.85. The van der Waals surface area contributed by atoms with Gasteiger partial charge in [0.05, 0.1) is 12.6 Å². The van der Waals surface area contributed by atoms with Crippen molar-refractivity contribution in [1.29, 1.82) is 0 Å². The molecule has 2 rings (SSSR count). The minimum atomic E-state index is -0.212. The van der Waals surface area contributed by atoms with Crippen LogP contribution in [0.3, 0.4) is 0 Å². The van der Waals surface area contributed by atoms with Crippen molar-refractivity contribution in [2.75, 3.05) is 26.2 Å². The number of piperidine rings is 1. The first-order valence-electron chi connectivity index (χ1n) is 5.86. The molecule has 2 fully saturated rings. The van der Waals surface area contributed by atoms with E-state index in [9.17, 15) is 4.79 Å². The molecular weight excluding hydrogens is 192 g/mol. The average molecular weight is 212 g/mol. The van der Waals surface area contributed by atoms with Crippen LogP contribution < -0.4 is 0 Å². The molecule has 2 heterocycles. The van der Waals surface area contributed by atoms with Crippen LogP contribution in [0.4, 0.5) is 0 Å². The number of amides is 1. The Morgan fingerprint density at radius 3 is 2.73 bits per heavy atom. The maximum Gasteiger partial charge on any atom is 0.236 e. The summed E-state index contributed by atoms with van der Waals surface area (Å²) in [5.74, 6) is 0.231. The molecule has 0 aromatic carbocycles. The lowest BCUT2D eigenvalue weighted by Gasteiger charge is -2.39. The summed E-state index contributed by atoms with van der Waals surface area (Å²) < 4.78 is 0. The van der Waals surface area contributed by atoms with Crippen LogP contribution in [0.2, 0.25) is 0 Å². The van der Waals surface area contributed by atoms with Crippen molar-refractivity contribution >= 4 is 5.91 Å². The molecule has 0 aromatic rings. The van der Waals surface area contributed by atoms with Crippen LogP contribution >= 0.6 is 0 Å². The average Bonchev–Trinajstić information content (AvgIpc) is 2.16. The lowest BCUT2D eigenvalue weighted by atomic mass is 10.0. The third-order valence-corrected chi connectivity index (χ3v) is 3.42. The summed E-state index contributed by atoms with van der Waals surface area (Å²) >= 11 is 0. The first-order valence-corrected chi connectivity index (χ1v) is 5.86. The quantitative estimate of drug-likeness (QED) is 0.704. The standard InChI is InChI=1S/C11H20N2O2/c1-9-4-2-3-5-13(9)11(15)8-12-6-10(14)7-12/h9-10,14H,2-8H2,1H3. The summed E-state index contributed by atoms with van der Waals surface area (Å²) in [7, 11) is 0. The zero-order valence-corrected chi connectivity index (χ0v) is 9.35. The number of hydrogen-bond acceptors (Lipinski definition) is 3. The number of likely N-dealkylation sites (tertiary alicyclic amines) is 2. The number of rotatable bonds is 2. The Balaban J connectivity index is 1.79. The van der Waals surface area contributed by atoms with Gasteiger partial charge in [-0.2, -0.15) is 0 Å². The van der Waals surface area contributed by atoms with E-state index in [0.29, 0.717) is 25.7 Å². The van der Waals surface area contributed by atoms with Gasteiger partial charge < -0.3 is 10.0 Å². The molecule has 0 aliphatic carbocycles. The topological polar surface area (TPSA) is 43.8 Å². The molecule has 0 bridgehead atoms. The van der Waals surface area contributed by atoms with E-state index < -0.39 is 0 Å². The van der Waals surface area contributed by atoms with Gasteiger partial charge in [0.1, 0.15) is 0 Å². The van der Waals surface area contributed by atoms with Gasteiger partial charge in [-0.25, -0.2) is 0 Å². The number of nitrogens with zero attached hydrogens (tertiary/aromatic N) is 2. The van der Waals surface area contributed by atoms with E-state index in [2.05, 4.69) is 6.92 Å². The largest absolute Gasteiger partial charge is 0.390 e. The van der Waals surface area contributed by atoms with Gasteiger partial charge in [-0.05, 0) is 26.2 Å². The Kier molecular flexibility index (Phi) is 3.26. The summed E-state index contributed by atoms with van der Waals surface area (Å²) in [6.07, 6.45) is 3.30. The second-order valence-corrected chi connectivity index (χ2v) is 4.78. The third kappa shape index (κ3) is 2.49. The molecule has 1 atom stereocenters. The predicted molar refractivity (Wildman–Crippen MR) is 57.5 cm³/mol. The highest BCUT2D eigenvalue weighted by Gasteiger charge is 2.29. The number of carbonyl (C=O) groups is 1. The van der Waals surface area contributed by atoms with Crippen molar-refractivity contribution in [3.8, 4) is 0 Å². The van der Waals surface area contributed by atoms with E-state index >= 15 is 0 Å². The molecule has 0 saturated carbocycles. The van der Waals surface area contributed by atoms with E-state index in [1.165, 1.54) is 6.42 Å². The number of β-amino-alcohol motifs (C(OH)–C–C–N with tert-alkyl or cyclic N) is 1. The molecule has 2 aliphatic rings. The fraction of sp³-hybridized carbons (Fsp3) is 0.909. The van der Waals surface area contributed by atoms with Crippen molar-refractivity contribution in [3.63, 3.8) is 0 Å². The fourth-order valence-corrected chi connectivity index (χ4v) is 2.42. The first kappa shape index (κ1) is 10.9. The highest BCUT2D eigenvalue weighted by atomic mass is 16.3. The highest BCUT2D eigenvalue weighted by molar-refractivity contribution is 5.78. The first-order chi connectivity index (χ1) is 7.16. The number of carbonyl (C=O) groups excluding carboxylic acids is 1. The molecule has 1 amide bonds. The van der Waals surface area contributed by atoms with Gasteiger partial charge in [0.2, 0.25) is 5.91 Å². The molecule has 4 nitrogen and oxygen atoms in total. The van der Waals surface area contributed by atoms with Crippen molar-refractivity contribution in [2.45, 2.75) is 38.3 Å². The van der Waals surface area contributed by atoms with Crippen LogP contribution in [-0.4, -0.2) is 59.1 Å². The number of aliphatic hydroxyl groups excluding tert-OH is 1. The van der Waals surface area contributed by atoms with E-state index in [-0.39, 0.29) is 12.0 Å². The number of hydrogen-bond donors (Lipinski definition) is 1. The predicted octanol–water partition coefficient (Wildman–Crippen LogP) is 0.0639. The molecule has 2 saturated heterocycles. The monoisotopic (exact) mass is 212 g/mol. The third-order valence-electron chi connectivity index (χ3n) is 3.42. The normalized spacial score (nSPS) is 28.9. The Morgan fingerprint density at radius 2 is 2.13 bits per heavy atom. The molecule has 15 heavy (non-hydrogen) atoms. The Morgan fingerprint density at radius 1 is 1.40 bits per heavy atom. The summed E-state index contributed by atoms with van der Waals surface area (Å²) in [4.78, 5) is 15.9. The minimum absolute atomic E-state index is 0.212. The SMILES string of the molecule is CC1CCCCN1C(=O)CN1CC(O)C1. The second-order valence-electron chi connectivity index (χ2n) is 4.78. The van der Waals surface area contributed by atoms with Crippen molar-refractivity contribution in [2.24, 2.45) is 0 Å². The van der Waals surface area contributed by atoms with Crippen LogP contribution in [0, 0.1) is 0 Å². The van der Waals surface area contributed by atoms with Crippen LogP contribution in [0.15, 0.2) is 0 Å². The van der Waals surface area contributed by atoms with Gasteiger partial charge in [-0.1, -0.05) is 0 Å². The van der Waals surface area contributed by atoms with Crippen LogP contribution in [0.1, 0.15) is 26.2 Å². The lowest BCUT2D eigenvalue weighted by molar-refractivity contribution is -0.138. The lowest BCUT2D eigenvalue weighted by Crippen LogP contribution is -2.55. The summed E-state index contributed by atoms with van der Waals surface area (Å²) in [6, 6.07) is 0.400. The molecule has 2 aliphatic heterocycles. The Labute approximate surface area is 90.9 Å². The van der Waals surface area contributed by atoms with E-state index in [1.54, 1.807) is 0 Å². The molecule has 0 radical (unpaired) electrons. The van der Waals surface area contributed by atoms with Gasteiger partial charge in [-0.15, -0.1) is 0 Å².